The van der Waals surface area contributed by atoms with Crippen LogP contribution >= 0.6 is 0 Å². The lowest BCUT2D eigenvalue weighted by molar-refractivity contribution is 0.253. The first kappa shape index (κ1) is 15.7. The fraction of sp³-hybridized carbons (Fsp3) is 0.714. The number of anilines is 3. The minimum Gasteiger partial charge on any atom is -0.350 e. The number of hydrogen-bond donors (Lipinski definition) is 2. The van der Waals surface area contributed by atoms with Crippen molar-refractivity contribution in [2.24, 2.45) is 11.6 Å². The van der Waals surface area contributed by atoms with Gasteiger partial charge in [-0.3, -0.25) is 0 Å². The summed E-state index contributed by atoms with van der Waals surface area (Å²) in [6, 6.07) is -0.787. The van der Waals surface area contributed by atoms with E-state index in [1.54, 1.807) is 0 Å². The highest BCUT2D eigenvalue weighted by atomic mass is 16.2. The summed E-state index contributed by atoms with van der Waals surface area (Å²) in [6.45, 7) is 3.63. The Labute approximate surface area is 135 Å². The van der Waals surface area contributed by atoms with E-state index in [2.05, 4.69) is 24.8 Å². The van der Waals surface area contributed by atoms with Crippen LogP contribution in [0.15, 0.2) is 0 Å². The Kier molecular flexibility index (Phi) is 4.75. The molecule has 0 radical (unpaired) electrons. The molecule has 9 nitrogen and oxygen atoms in total. The summed E-state index contributed by atoms with van der Waals surface area (Å²) in [5.41, 5.74) is 5.26. The highest BCUT2D eigenvalue weighted by Gasteiger charge is 2.22. The van der Waals surface area contributed by atoms with E-state index in [1.165, 1.54) is 12.8 Å². The van der Waals surface area contributed by atoms with Crippen LogP contribution < -0.4 is 26.4 Å². The van der Waals surface area contributed by atoms with Crippen molar-refractivity contribution in [3.63, 3.8) is 0 Å². The second-order valence-corrected chi connectivity index (χ2v) is 6.04. The Hall–Kier alpha value is -2.16. The number of aromatic nitrogens is 3. The van der Waals surface area contributed by atoms with E-state index in [4.69, 9.17) is 11.6 Å². The summed E-state index contributed by atoms with van der Waals surface area (Å²) < 4.78 is 0. The molecule has 0 aromatic carbocycles. The summed E-state index contributed by atoms with van der Waals surface area (Å²) in [7, 11) is 0. The molecule has 0 spiro atoms. The Balaban J connectivity index is 1.93. The van der Waals surface area contributed by atoms with Crippen molar-refractivity contribution in [3.8, 4) is 0 Å². The van der Waals surface area contributed by atoms with Gasteiger partial charge in [-0.1, -0.05) is 0 Å². The number of primary amides is 1. The molecular weight excluding hydrogens is 296 g/mol. The van der Waals surface area contributed by atoms with E-state index in [0.717, 1.165) is 56.9 Å². The average Bonchev–Trinajstić information content (AvgIpc) is 2.62. The molecule has 2 aliphatic rings. The molecule has 23 heavy (non-hydrogen) atoms. The highest BCUT2D eigenvalue weighted by molar-refractivity contribution is 5.87. The van der Waals surface area contributed by atoms with Gasteiger partial charge in [-0.2, -0.15) is 20.0 Å². The number of nitrogens with zero attached hydrogens (tertiary/aromatic N) is 6. The van der Waals surface area contributed by atoms with Crippen LogP contribution in [-0.4, -0.2) is 47.2 Å². The van der Waals surface area contributed by atoms with E-state index in [9.17, 15) is 4.79 Å². The standard InChI is InChI=1S/C14H24N8O/c15-11(23)22(16)14-18-12(20-7-3-1-4-8-20)17-13(19-14)21-9-5-2-6-10-21/h1-10,16H2,(H2,15,23). The first-order valence-corrected chi connectivity index (χ1v) is 8.25. The van der Waals surface area contributed by atoms with Gasteiger partial charge in [0.2, 0.25) is 11.9 Å². The minimum absolute atomic E-state index is 0.105. The van der Waals surface area contributed by atoms with Crippen molar-refractivity contribution in [3.05, 3.63) is 0 Å². The van der Waals surface area contributed by atoms with Gasteiger partial charge >= 0.3 is 6.03 Å². The Morgan fingerprint density at radius 3 is 1.65 bits per heavy atom. The van der Waals surface area contributed by atoms with Gasteiger partial charge in [0.15, 0.2) is 0 Å². The zero-order valence-electron chi connectivity index (χ0n) is 13.3. The Bertz CT molecular complexity index is 517. The van der Waals surface area contributed by atoms with Crippen molar-refractivity contribution in [1.29, 1.82) is 0 Å². The highest BCUT2D eigenvalue weighted by Crippen LogP contribution is 2.23. The molecular formula is C14H24N8O. The molecule has 0 saturated carbocycles. The van der Waals surface area contributed by atoms with Gasteiger partial charge in [-0.15, -0.1) is 0 Å². The lowest BCUT2D eigenvalue weighted by atomic mass is 10.1. The van der Waals surface area contributed by atoms with Crippen LogP contribution in [0.3, 0.4) is 0 Å². The van der Waals surface area contributed by atoms with Crippen molar-refractivity contribution in [2.45, 2.75) is 38.5 Å². The van der Waals surface area contributed by atoms with Crippen molar-refractivity contribution >= 4 is 23.9 Å². The van der Waals surface area contributed by atoms with Crippen LogP contribution in [0.25, 0.3) is 0 Å². The van der Waals surface area contributed by atoms with E-state index < -0.39 is 6.03 Å². The maximum Gasteiger partial charge on any atom is 0.336 e. The molecule has 0 atom stereocenters. The molecule has 1 aromatic heterocycles. The van der Waals surface area contributed by atoms with E-state index >= 15 is 0 Å². The second-order valence-electron chi connectivity index (χ2n) is 6.04. The van der Waals surface area contributed by atoms with Crippen LogP contribution in [0.5, 0.6) is 0 Å². The van der Waals surface area contributed by atoms with Gasteiger partial charge in [0.1, 0.15) is 0 Å². The van der Waals surface area contributed by atoms with Crippen LogP contribution in [0, 0.1) is 0 Å². The third-order valence-corrected chi connectivity index (χ3v) is 4.33. The van der Waals surface area contributed by atoms with E-state index in [1.807, 2.05) is 0 Å². The molecule has 2 aliphatic heterocycles. The molecule has 126 valence electrons. The fourth-order valence-electron chi connectivity index (χ4n) is 3.02. The quantitative estimate of drug-likeness (QED) is 0.476. The molecule has 3 heterocycles. The van der Waals surface area contributed by atoms with Gasteiger partial charge in [-0.25, -0.2) is 10.6 Å². The van der Waals surface area contributed by atoms with Crippen molar-refractivity contribution in [1.82, 2.24) is 15.0 Å². The largest absolute Gasteiger partial charge is 0.350 e. The van der Waals surface area contributed by atoms with E-state index in [-0.39, 0.29) is 5.95 Å². The molecule has 2 saturated heterocycles. The van der Waals surface area contributed by atoms with Gasteiger partial charge in [-0.05, 0) is 38.5 Å². The third kappa shape index (κ3) is 3.61. The van der Waals surface area contributed by atoms with Crippen molar-refractivity contribution in [2.75, 3.05) is 41.0 Å². The number of urea groups is 1. The number of hydrazine groups is 1. The van der Waals surface area contributed by atoms with Gasteiger partial charge in [0.25, 0.3) is 5.95 Å². The molecule has 2 amide bonds. The number of piperidine rings is 2. The summed E-state index contributed by atoms with van der Waals surface area (Å²) in [6.07, 6.45) is 6.89. The smallest absolute Gasteiger partial charge is 0.336 e. The number of amides is 2. The number of nitrogens with two attached hydrogens (primary N) is 2. The maximum atomic E-state index is 11.4. The summed E-state index contributed by atoms with van der Waals surface area (Å²) in [5, 5.41) is 0.780. The molecule has 1 aromatic rings. The molecule has 3 rings (SSSR count). The third-order valence-electron chi connectivity index (χ3n) is 4.33. The zero-order chi connectivity index (χ0) is 16.2. The lowest BCUT2D eigenvalue weighted by Gasteiger charge is -2.30. The van der Waals surface area contributed by atoms with Crippen LogP contribution in [0.2, 0.25) is 0 Å². The zero-order valence-corrected chi connectivity index (χ0v) is 13.3. The summed E-state index contributed by atoms with van der Waals surface area (Å²) in [5.74, 6) is 6.96. The van der Waals surface area contributed by atoms with Gasteiger partial charge in [0, 0.05) is 26.2 Å². The Morgan fingerprint density at radius 1 is 0.826 bits per heavy atom. The predicted molar refractivity (Wildman–Crippen MR) is 88.2 cm³/mol. The first-order chi connectivity index (χ1) is 11.1. The number of carbonyl (C=O) groups excluding carboxylic acids is 1. The first-order valence-electron chi connectivity index (χ1n) is 8.25. The molecule has 0 aliphatic carbocycles. The molecule has 4 N–H and O–H groups in total. The monoisotopic (exact) mass is 320 g/mol. The van der Waals surface area contributed by atoms with E-state index in [0.29, 0.717) is 11.9 Å². The normalized spacial score (nSPS) is 18.8. The van der Waals surface area contributed by atoms with Gasteiger partial charge in [0.05, 0.1) is 0 Å². The lowest BCUT2D eigenvalue weighted by Crippen LogP contribution is -2.44. The molecule has 0 bridgehead atoms. The minimum atomic E-state index is -0.787. The molecule has 9 heteroatoms. The second kappa shape index (κ2) is 6.95. The number of hydrogen-bond acceptors (Lipinski definition) is 7. The fourth-order valence-corrected chi connectivity index (χ4v) is 3.02. The molecule has 0 unspecified atom stereocenters. The number of carbonyl (C=O) groups is 1. The van der Waals surface area contributed by atoms with Gasteiger partial charge < -0.3 is 15.5 Å². The summed E-state index contributed by atoms with van der Waals surface area (Å²) in [4.78, 5) is 28.9. The SMILES string of the molecule is NC(=O)N(N)c1nc(N2CCCCC2)nc(N2CCCCC2)n1. The Morgan fingerprint density at radius 2 is 1.26 bits per heavy atom. The van der Waals surface area contributed by atoms with Crippen LogP contribution in [-0.2, 0) is 0 Å². The van der Waals surface area contributed by atoms with Crippen molar-refractivity contribution < 1.29 is 4.79 Å². The molecule has 2 fully saturated rings. The maximum absolute atomic E-state index is 11.4. The van der Waals surface area contributed by atoms with Crippen LogP contribution in [0.4, 0.5) is 22.6 Å². The topological polar surface area (TPSA) is 118 Å². The average molecular weight is 320 g/mol. The predicted octanol–water partition coefficient (Wildman–Crippen LogP) is 0.611. The van der Waals surface area contributed by atoms with Crippen LogP contribution in [0.1, 0.15) is 38.5 Å². The number of rotatable bonds is 3. The summed E-state index contributed by atoms with van der Waals surface area (Å²) >= 11 is 0.